The van der Waals surface area contributed by atoms with Crippen LogP contribution in [-0.4, -0.2) is 29.3 Å². The number of carbonyl (C=O) groups excluding carboxylic acids is 2. The number of rotatable bonds is 11. The summed E-state index contributed by atoms with van der Waals surface area (Å²) in [7, 11) is 0. The Morgan fingerprint density at radius 2 is 1.56 bits per heavy atom. The molecule has 0 aromatic heterocycles. The fourth-order valence-corrected chi connectivity index (χ4v) is 4.25. The molecule has 0 unspecified atom stereocenters. The van der Waals surface area contributed by atoms with Crippen LogP contribution in [0.4, 0.5) is 0 Å². The quantitative estimate of drug-likeness (QED) is 0.326. The molecule has 0 aliphatic carbocycles. The van der Waals surface area contributed by atoms with Crippen LogP contribution in [0.15, 0.2) is 78.9 Å². The molecule has 1 N–H and O–H groups in total. The van der Waals surface area contributed by atoms with E-state index in [4.69, 9.17) is 23.2 Å². The zero-order chi connectivity index (χ0) is 24.3. The maximum atomic E-state index is 13.7. The van der Waals surface area contributed by atoms with E-state index in [0.29, 0.717) is 35.1 Å². The SMILES string of the molecule is CCCCNC(=O)[C@H](Cc1ccccc1)N(Cc1ccccc1)C(=O)Cc1ccc(Cl)cc1Cl. The predicted octanol–water partition coefficient (Wildman–Crippen LogP) is 6.09. The molecule has 2 amide bonds. The number of amides is 2. The van der Waals surface area contributed by atoms with E-state index in [0.717, 1.165) is 24.0 Å². The van der Waals surface area contributed by atoms with Crippen molar-refractivity contribution in [2.45, 2.75) is 45.2 Å². The smallest absolute Gasteiger partial charge is 0.243 e. The lowest BCUT2D eigenvalue weighted by molar-refractivity contribution is -0.140. The topological polar surface area (TPSA) is 49.4 Å². The Kier molecular flexibility index (Phi) is 9.99. The van der Waals surface area contributed by atoms with Gasteiger partial charge in [-0.25, -0.2) is 0 Å². The van der Waals surface area contributed by atoms with Gasteiger partial charge in [-0.05, 0) is 35.2 Å². The van der Waals surface area contributed by atoms with Crippen LogP contribution in [0.3, 0.4) is 0 Å². The van der Waals surface area contributed by atoms with Gasteiger partial charge in [-0.1, -0.05) is 103 Å². The van der Waals surface area contributed by atoms with Gasteiger partial charge >= 0.3 is 0 Å². The maximum Gasteiger partial charge on any atom is 0.243 e. The van der Waals surface area contributed by atoms with Crippen LogP contribution in [0, 0.1) is 0 Å². The van der Waals surface area contributed by atoms with Crippen LogP contribution in [-0.2, 0) is 29.0 Å². The lowest BCUT2D eigenvalue weighted by Gasteiger charge is -2.32. The van der Waals surface area contributed by atoms with Gasteiger partial charge < -0.3 is 10.2 Å². The third-order valence-corrected chi connectivity index (χ3v) is 6.24. The molecule has 0 radical (unpaired) electrons. The van der Waals surface area contributed by atoms with Crippen molar-refractivity contribution in [1.82, 2.24) is 10.2 Å². The van der Waals surface area contributed by atoms with Crippen molar-refractivity contribution in [1.29, 1.82) is 0 Å². The second kappa shape index (κ2) is 13.2. The molecule has 34 heavy (non-hydrogen) atoms. The highest BCUT2D eigenvalue weighted by Gasteiger charge is 2.30. The van der Waals surface area contributed by atoms with Gasteiger partial charge in [0, 0.05) is 29.6 Å². The molecule has 0 fully saturated rings. The first-order valence-corrected chi connectivity index (χ1v) is 12.3. The van der Waals surface area contributed by atoms with E-state index in [9.17, 15) is 9.59 Å². The summed E-state index contributed by atoms with van der Waals surface area (Å²) >= 11 is 12.4. The standard InChI is InChI=1S/C28H30Cl2N2O2/c1-2-3-16-31-28(34)26(17-21-10-6-4-7-11-21)32(20-22-12-8-5-9-13-22)27(33)18-23-14-15-24(29)19-25(23)30/h4-15,19,26H,2-3,16-18,20H2,1H3,(H,31,34)/t26-/m0/s1. The summed E-state index contributed by atoms with van der Waals surface area (Å²) < 4.78 is 0. The fourth-order valence-electron chi connectivity index (χ4n) is 3.77. The summed E-state index contributed by atoms with van der Waals surface area (Å²) in [6, 6.07) is 24.0. The predicted molar refractivity (Wildman–Crippen MR) is 139 cm³/mol. The molecular weight excluding hydrogens is 467 g/mol. The highest BCUT2D eigenvalue weighted by atomic mass is 35.5. The maximum absolute atomic E-state index is 13.7. The van der Waals surface area contributed by atoms with E-state index in [1.165, 1.54) is 0 Å². The average Bonchev–Trinajstić information content (AvgIpc) is 2.84. The van der Waals surface area contributed by atoms with Gasteiger partial charge in [0.2, 0.25) is 11.8 Å². The fraction of sp³-hybridized carbons (Fsp3) is 0.286. The Hall–Kier alpha value is -2.82. The first-order valence-electron chi connectivity index (χ1n) is 11.6. The molecule has 0 aliphatic heterocycles. The number of nitrogens with zero attached hydrogens (tertiary/aromatic N) is 1. The van der Waals surface area contributed by atoms with E-state index < -0.39 is 6.04 Å². The third kappa shape index (κ3) is 7.61. The molecule has 0 heterocycles. The van der Waals surface area contributed by atoms with E-state index in [1.807, 2.05) is 60.7 Å². The van der Waals surface area contributed by atoms with E-state index in [1.54, 1.807) is 23.1 Å². The van der Waals surface area contributed by atoms with E-state index in [-0.39, 0.29) is 18.2 Å². The second-order valence-corrected chi connectivity index (χ2v) is 9.11. The van der Waals surface area contributed by atoms with Crippen molar-refractivity contribution in [3.63, 3.8) is 0 Å². The summed E-state index contributed by atoms with van der Waals surface area (Å²) in [6.07, 6.45) is 2.37. The first-order chi connectivity index (χ1) is 16.5. The monoisotopic (exact) mass is 496 g/mol. The number of carbonyl (C=O) groups is 2. The first kappa shape index (κ1) is 25.8. The van der Waals surface area contributed by atoms with Crippen molar-refractivity contribution in [2.24, 2.45) is 0 Å². The van der Waals surface area contributed by atoms with Crippen molar-refractivity contribution >= 4 is 35.0 Å². The molecule has 3 aromatic rings. The number of hydrogen-bond acceptors (Lipinski definition) is 2. The zero-order valence-electron chi connectivity index (χ0n) is 19.3. The van der Waals surface area contributed by atoms with E-state index in [2.05, 4.69) is 12.2 Å². The van der Waals surface area contributed by atoms with Crippen LogP contribution in [0.5, 0.6) is 0 Å². The summed E-state index contributed by atoms with van der Waals surface area (Å²) in [4.78, 5) is 28.7. The van der Waals surface area contributed by atoms with Crippen molar-refractivity contribution in [3.05, 3.63) is 106 Å². The zero-order valence-corrected chi connectivity index (χ0v) is 20.9. The lowest BCUT2D eigenvalue weighted by atomic mass is 10.0. The number of halogens is 2. The lowest BCUT2D eigenvalue weighted by Crippen LogP contribution is -2.51. The average molecular weight is 497 g/mol. The normalized spacial score (nSPS) is 11.6. The number of unbranched alkanes of at least 4 members (excludes halogenated alkanes) is 1. The van der Waals surface area contributed by atoms with Crippen LogP contribution in [0.2, 0.25) is 10.0 Å². The molecular formula is C28H30Cl2N2O2. The summed E-state index contributed by atoms with van der Waals surface area (Å²) in [6.45, 7) is 2.98. The Balaban J connectivity index is 1.93. The number of hydrogen-bond donors (Lipinski definition) is 1. The number of benzene rings is 3. The van der Waals surface area contributed by atoms with E-state index >= 15 is 0 Å². The van der Waals surface area contributed by atoms with Gasteiger partial charge in [0.05, 0.1) is 6.42 Å². The molecule has 178 valence electrons. The van der Waals surface area contributed by atoms with Gasteiger partial charge in [-0.3, -0.25) is 9.59 Å². The van der Waals surface area contributed by atoms with Crippen LogP contribution in [0.25, 0.3) is 0 Å². The Labute approximate surface area is 211 Å². The molecule has 4 nitrogen and oxygen atoms in total. The largest absolute Gasteiger partial charge is 0.354 e. The van der Waals surface area contributed by atoms with Gasteiger partial charge in [-0.2, -0.15) is 0 Å². The molecule has 0 spiro atoms. The van der Waals surface area contributed by atoms with Crippen LogP contribution in [0.1, 0.15) is 36.5 Å². The van der Waals surface area contributed by atoms with Gasteiger partial charge in [0.1, 0.15) is 6.04 Å². The minimum atomic E-state index is -0.655. The molecule has 1 atom stereocenters. The molecule has 3 rings (SSSR count). The Bertz CT molecular complexity index is 1070. The van der Waals surface area contributed by atoms with Gasteiger partial charge in [0.25, 0.3) is 0 Å². The van der Waals surface area contributed by atoms with Crippen molar-refractivity contribution in [3.8, 4) is 0 Å². The molecule has 3 aromatic carbocycles. The van der Waals surface area contributed by atoms with Crippen LogP contribution < -0.4 is 5.32 Å². The minimum Gasteiger partial charge on any atom is -0.354 e. The highest BCUT2D eigenvalue weighted by Crippen LogP contribution is 2.23. The molecule has 0 saturated heterocycles. The Morgan fingerprint density at radius 3 is 2.18 bits per heavy atom. The third-order valence-electron chi connectivity index (χ3n) is 5.65. The van der Waals surface area contributed by atoms with Crippen molar-refractivity contribution < 1.29 is 9.59 Å². The molecule has 0 aliphatic rings. The van der Waals surface area contributed by atoms with Gasteiger partial charge in [0.15, 0.2) is 0 Å². The molecule has 6 heteroatoms. The summed E-state index contributed by atoms with van der Waals surface area (Å²) in [5, 5.41) is 3.98. The molecule has 0 bridgehead atoms. The van der Waals surface area contributed by atoms with Crippen LogP contribution >= 0.6 is 23.2 Å². The van der Waals surface area contributed by atoms with Gasteiger partial charge in [-0.15, -0.1) is 0 Å². The minimum absolute atomic E-state index is 0.0797. The van der Waals surface area contributed by atoms with Crippen molar-refractivity contribution in [2.75, 3.05) is 6.54 Å². The number of nitrogens with one attached hydrogen (secondary N) is 1. The molecule has 0 saturated carbocycles. The summed E-state index contributed by atoms with van der Waals surface area (Å²) in [5.41, 5.74) is 2.63. The Morgan fingerprint density at radius 1 is 0.912 bits per heavy atom. The highest BCUT2D eigenvalue weighted by molar-refractivity contribution is 6.35. The summed E-state index contributed by atoms with van der Waals surface area (Å²) in [5.74, 6) is -0.316. The second-order valence-electron chi connectivity index (χ2n) is 8.27.